The molecule has 0 radical (unpaired) electrons. The molecule has 0 unspecified atom stereocenters. The van der Waals surface area contributed by atoms with Crippen LogP contribution in [0.3, 0.4) is 0 Å². The molecule has 2 aliphatic heterocycles. The number of β-lactam (4-membered cyclic amide) rings is 1. The van der Waals surface area contributed by atoms with Crippen LogP contribution in [0.2, 0.25) is 25.1 Å². The van der Waals surface area contributed by atoms with E-state index < -0.39 is 35.6 Å². The van der Waals surface area contributed by atoms with E-state index in [0.717, 1.165) is 10.5 Å². The zero-order valence-electron chi connectivity index (χ0n) is 17.6. The summed E-state index contributed by atoms with van der Waals surface area (Å²) in [6, 6.07) is 8.37. The molecule has 0 N–H and O–H groups in total. The van der Waals surface area contributed by atoms with Crippen LogP contribution in [0.4, 0.5) is 10.1 Å². The molecule has 3 aromatic carbocycles. The highest BCUT2D eigenvalue weighted by atomic mass is 35.5. The smallest absolute Gasteiger partial charge is 0.264 e. The number of hydrogen-bond acceptors (Lipinski definition) is 3. The van der Waals surface area contributed by atoms with Gasteiger partial charge >= 0.3 is 0 Å². The highest BCUT2D eigenvalue weighted by molar-refractivity contribution is 6.55. The van der Waals surface area contributed by atoms with Gasteiger partial charge in [0.05, 0.1) is 37.3 Å². The zero-order chi connectivity index (χ0) is 25.3. The van der Waals surface area contributed by atoms with Crippen LogP contribution in [0.15, 0.2) is 42.5 Å². The van der Waals surface area contributed by atoms with Crippen LogP contribution in [0, 0.1) is 12.7 Å². The lowest BCUT2D eigenvalue weighted by molar-refractivity contribution is -0.130. The molecule has 3 amide bonds. The first kappa shape index (κ1) is 24.3. The number of halogens is 6. The summed E-state index contributed by atoms with van der Waals surface area (Å²) in [5, 5.41) is -0.421. The second-order valence-electron chi connectivity index (χ2n) is 8.07. The number of aryl methyl sites for hydroxylation is 1. The van der Waals surface area contributed by atoms with E-state index in [1.807, 2.05) is 0 Å². The predicted molar refractivity (Wildman–Crippen MR) is 134 cm³/mol. The minimum atomic E-state index is -1.25. The van der Waals surface area contributed by atoms with Gasteiger partial charge < -0.3 is 4.90 Å². The van der Waals surface area contributed by atoms with Gasteiger partial charge in [0.1, 0.15) is 11.9 Å². The first-order chi connectivity index (χ1) is 16.5. The van der Waals surface area contributed by atoms with E-state index >= 15 is 0 Å². The van der Waals surface area contributed by atoms with Crippen molar-refractivity contribution < 1.29 is 18.8 Å². The third-order valence-electron chi connectivity index (χ3n) is 6.12. The Balaban J connectivity index is 1.65. The maximum Gasteiger partial charge on any atom is 0.264 e. The van der Waals surface area contributed by atoms with Gasteiger partial charge in [-0.15, -0.1) is 0 Å². The molecule has 1 fully saturated rings. The fraction of sp³-hybridized carbons (Fsp3) is 0.125. The molecule has 11 heteroatoms. The van der Waals surface area contributed by atoms with Crippen LogP contribution in [0.25, 0.3) is 0 Å². The molecule has 5 rings (SSSR count). The third kappa shape index (κ3) is 3.54. The average molecular weight is 573 g/mol. The van der Waals surface area contributed by atoms with E-state index in [4.69, 9.17) is 58.0 Å². The second kappa shape index (κ2) is 8.64. The van der Waals surface area contributed by atoms with Crippen LogP contribution < -0.4 is 4.90 Å². The molecular weight excluding hydrogens is 561 g/mol. The van der Waals surface area contributed by atoms with Gasteiger partial charge in [-0.3, -0.25) is 19.3 Å². The molecule has 3 aromatic rings. The standard InChI is InChI=1S/C24H12Cl5FN2O3/c1-9-2-5-11(25)8-13(9)31-20(10-3-6-12(30)7-4-10)21(24(31)35)32-22(33)14-15(23(32)34)17(27)19(29)18(28)16(14)26/h2-8,20-21H,1H3/t20-,21+/m0/s1. The predicted octanol–water partition coefficient (Wildman–Crippen LogP) is 7.15. The lowest BCUT2D eigenvalue weighted by Crippen LogP contribution is -2.67. The first-order valence-electron chi connectivity index (χ1n) is 10.1. The zero-order valence-corrected chi connectivity index (χ0v) is 21.4. The average Bonchev–Trinajstić information content (AvgIpc) is 3.08. The largest absolute Gasteiger partial charge is 0.300 e. The Kier molecular flexibility index (Phi) is 6.01. The minimum absolute atomic E-state index is 0.175. The Morgan fingerprint density at radius 2 is 1.26 bits per heavy atom. The Hall–Kier alpha value is -2.35. The lowest BCUT2D eigenvalue weighted by atomic mass is 9.85. The van der Waals surface area contributed by atoms with Crippen molar-refractivity contribution in [2.45, 2.75) is 19.0 Å². The van der Waals surface area contributed by atoms with Crippen LogP contribution in [-0.4, -0.2) is 28.7 Å². The maximum absolute atomic E-state index is 13.7. The Morgan fingerprint density at radius 1 is 0.714 bits per heavy atom. The molecular formula is C24H12Cl5FN2O3. The van der Waals surface area contributed by atoms with E-state index in [9.17, 15) is 18.8 Å². The molecule has 2 atom stereocenters. The fourth-order valence-electron chi connectivity index (χ4n) is 4.45. The molecule has 2 heterocycles. The summed E-state index contributed by atoms with van der Waals surface area (Å²) < 4.78 is 13.7. The number of imide groups is 1. The lowest BCUT2D eigenvalue weighted by Gasteiger charge is -2.50. The van der Waals surface area contributed by atoms with Crippen LogP contribution in [0.5, 0.6) is 0 Å². The molecule has 0 saturated carbocycles. The number of benzene rings is 3. The summed E-state index contributed by atoms with van der Waals surface area (Å²) in [5.74, 6) is -2.68. The van der Waals surface area contributed by atoms with Crippen LogP contribution >= 0.6 is 58.0 Å². The number of amides is 3. The summed E-state index contributed by atoms with van der Waals surface area (Å²) in [4.78, 5) is 42.6. The number of hydrogen-bond donors (Lipinski definition) is 0. The van der Waals surface area contributed by atoms with Gasteiger partial charge in [0.15, 0.2) is 0 Å². The summed E-state index contributed by atoms with van der Waals surface area (Å²) >= 11 is 30.9. The van der Waals surface area contributed by atoms with E-state index in [1.165, 1.54) is 29.2 Å². The van der Waals surface area contributed by atoms with Crippen molar-refractivity contribution in [3.63, 3.8) is 0 Å². The van der Waals surface area contributed by atoms with Gasteiger partial charge in [-0.1, -0.05) is 76.2 Å². The molecule has 1 saturated heterocycles. The fourth-order valence-corrected chi connectivity index (χ4v) is 5.63. The Labute approximate surface area is 223 Å². The van der Waals surface area contributed by atoms with E-state index in [2.05, 4.69) is 0 Å². The van der Waals surface area contributed by atoms with Gasteiger partial charge in [-0.2, -0.15) is 0 Å². The molecule has 0 spiro atoms. The van der Waals surface area contributed by atoms with Crippen molar-refractivity contribution in [2.75, 3.05) is 4.90 Å². The van der Waals surface area contributed by atoms with Crippen molar-refractivity contribution in [1.29, 1.82) is 0 Å². The third-order valence-corrected chi connectivity index (χ3v) is 8.16. The topological polar surface area (TPSA) is 57.7 Å². The van der Waals surface area contributed by atoms with Crippen molar-refractivity contribution in [3.8, 4) is 0 Å². The Morgan fingerprint density at radius 3 is 1.80 bits per heavy atom. The highest BCUT2D eigenvalue weighted by Gasteiger charge is 2.58. The summed E-state index contributed by atoms with van der Waals surface area (Å²) in [6.07, 6.45) is 0. The number of fused-ring (bicyclic) bond motifs is 1. The maximum atomic E-state index is 13.7. The number of carbonyl (C=O) groups is 3. The monoisotopic (exact) mass is 570 g/mol. The van der Waals surface area contributed by atoms with Crippen molar-refractivity contribution in [2.24, 2.45) is 0 Å². The normalized spacial score (nSPS) is 19.3. The van der Waals surface area contributed by atoms with Crippen molar-refractivity contribution >= 4 is 81.4 Å². The Bertz CT molecular complexity index is 1410. The number of rotatable bonds is 3. The van der Waals surface area contributed by atoms with Gasteiger partial charge in [0.25, 0.3) is 17.7 Å². The van der Waals surface area contributed by atoms with Gasteiger partial charge in [0, 0.05) is 10.7 Å². The van der Waals surface area contributed by atoms with Crippen LogP contribution in [0.1, 0.15) is 37.9 Å². The highest BCUT2D eigenvalue weighted by Crippen LogP contribution is 2.49. The number of carbonyl (C=O) groups excluding carboxylic acids is 3. The summed E-state index contributed by atoms with van der Waals surface area (Å²) in [6.45, 7) is 1.79. The second-order valence-corrected chi connectivity index (χ2v) is 10.0. The van der Waals surface area contributed by atoms with E-state index in [0.29, 0.717) is 16.3 Å². The van der Waals surface area contributed by atoms with Crippen LogP contribution in [-0.2, 0) is 4.79 Å². The first-order valence-corrected chi connectivity index (χ1v) is 12.0. The van der Waals surface area contributed by atoms with Crippen molar-refractivity contribution in [3.05, 3.63) is 95.6 Å². The molecule has 0 aromatic heterocycles. The van der Waals surface area contributed by atoms with Gasteiger partial charge in [-0.25, -0.2) is 4.39 Å². The van der Waals surface area contributed by atoms with E-state index in [-0.39, 0.29) is 31.2 Å². The SMILES string of the molecule is Cc1ccc(Cl)cc1N1C(=O)[C@H](N2C(=O)c3c(Cl)c(Cl)c(Cl)c(Cl)c3C2=O)[C@@H]1c1ccc(F)cc1. The van der Waals surface area contributed by atoms with Gasteiger partial charge in [-0.05, 0) is 42.3 Å². The minimum Gasteiger partial charge on any atom is -0.300 e. The molecule has 5 nitrogen and oxygen atoms in total. The molecule has 35 heavy (non-hydrogen) atoms. The molecule has 2 aliphatic rings. The molecule has 0 aliphatic carbocycles. The van der Waals surface area contributed by atoms with Gasteiger partial charge in [0.2, 0.25) is 0 Å². The van der Waals surface area contributed by atoms with E-state index in [1.54, 1.807) is 25.1 Å². The number of anilines is 1. The molecule has 0 bridgehead atoms. The molecule has 178 valence electrons. The number of nitrogens with zero attached hydrogens (tertiary/aromatic N) is 2. The summed E-state index contributed by atoms with van der Waals surface area (Å²) in [7, 11) is 0. The summed E-state index contributed by atoms with van der Waals surface area (Å²) in [5.41, 5.74) is 1.28. The van der Waals surface area contributed by atoms with Crippen molar-refractivity contribution in [1.82, 2.24) is 4.90 Å². The quantitative estimate of drug-likeness (QED) is 0.145.